The Morgan fingerprint density at radius 3 is 2.74 bits per heavy atom. The predicted octanol–water partition coefficient (Wildman–Crippen LogP) is 3.39. The summed E-state index contributed by atoms with van der Waals surface area (Å²) < 4.78 is 11.7. The number of anilines is 1. The molecular formula is C24H25ClN4O4S. The van der Waals surface area contributed by atoms with Crippen LogP contribution in [0.1, 0.15) is 10.4 Å². The first-order valence-corrected chi connectivity index (χ1v) is 11.7. The van der Waals surface area contributed by atoms with E-state index in [0.717, 1.165) is 59.2 Å². The molecule has 1 fully saturated rings. The molecule has 3 heterocycles. The van der Waals surface area contributed by atoms with Gasteiger partial charge in [0.15, 0.2) is 5.13 Å². The van der Waals surface area contributed by atoms with Gasteiger partial charge in [-0.1, -0.05) is 29.5 Å². The fourth-order valence-corrected chi connectivity index (χ4v) is 5.01. The number of rotatable bonds is 6. The Hall–Kier alpha value is -3.14. The minimum absolute atomic E-state index is 0. The zero-order valence-corrected chi connectivity index (χ0v) is 20.3. The van der Waals surface area contributed by atoms with Crippen LogP contribution >= 0.6 is 23.7 Å². The van der Waals surface area contributed by atoms with Crippen molar-refractivity contribution in [2.24, 2.45) is 0 Å². The highest BCUT2D eigenvalue weighted by molar-refractivity contribution is 7.22. The number of hydrogen-bond donors (Lipinski definition) is 1. The molecule has 0 bridgehead atoms. The molecule has 0 saturated carbocycles. The van der Waals surface area contributed by atoms with E-state index in [-0.39, 0.29) is 18.0 Å². The van der Waals surface area contributed by atoms with Gasteiger partial charge in [-0.2, -0.15) is 0 Å². The highest BCUT2D eigenvalue weighted by Crippen LogP contribution is 2.31. The number of methoxy groups -OCH3 is 1. The highest BCUT2D eigenvalue weighted by Gasteiger charge is 2.20. The monoisotopic (exact) mass is 500 g/mol. The Morgan fingerprint density at radius 1 is 1.15 bits per heavy atom. The highest BCUT2D eigenvalue weighted by atomic mass is 35.5. The molecule has 1 amide bonds. The molecule has 178 valence electrons. The number of ether oxygens (including phenoxy) is 1. The average molecular weight is 501 g/mol. The van der Waals surface area contributed by atoms with Crippen LogP contribution in [0, 0.1) is 0 Å². The van der Waals surface area contributed by atoms with Crippen LogP contribution in [-0.4, -0.2) is 62.2 Å². The quantitative estimate of drug-likeness (QED) is 0.406. The van der Waals surface area contributed by atoms with Gasteiger partial charge in [0.2, 0.25) is 0 Å². The van der Waals surface area contributed by atoms with Crippen LogP contribution in [0.4, 0.5) is 5.13 Å². The van der Waals surface area contributed by atoms with Crippen molar-refractivity contribution >= 4 is 56.0 Å². The molecule has 10 heteroatoms. The van der Waals surface area contributed by atoms with Crippen LogP contribution in [-0.2, 0) is 0 Å². The Bertz CT molecular complexity index is 1360. The lowest BCUT2D eigenvalue weighted by molar-refractivity contribution is 0.0944. The third-order valence-corrected chi connectivity index (χ3v) is 6.91. The van der Waals surface area contributed by atoms with Crippen LogP contribution in [0.25, 0.3) is 21.2 Å². The molecule has 2 aromatic carbocycles. The van der Waals surface area contributed by atoms with Gasteiger partial charge >= 0.3 is 5.63 Å². The molecule has 1 aliphatic rings. The van der Waals surface area contributed by atoms with Crippen molar-refractivity contribution in [3.8, 4) is 5.75 Å². The number of fused-ring (bicyclic) bond motifs is 2. The number of nitrogens with zero attached hydrogens (tertiary/aromatic N) is 3. The molecule has 1 N–H and O–H groups in total. The molecule has 0 unspecified atom stereocenters. The van der Waals surface area contributed by atoms with Gasteiger partial charge in [0.1, 0.15) is 16.9 Å². The van der Waals surface area contributed by atoms with Crippen molar-refractivity contribution in [1.29, 1.82) is 0 Å². The Labute approximate surface area is 206 Å². The third-order valence-electron chi connectivity index (χ3n) is 5.83. The summed E-state index contributed by atoms with van der Waals surface area (Å²) in [5.41, 5.74) is 0.877. The fourth-order valence-electron chi connectivity index (χ4n) is 3.96. The standard InChI is InChI=1S/C24H24N4O4S.ClH/c1-31-17-6-7-19-21(15-17)33-24(26-19)28-12-10-27(11-13-28)9-8-25-22(29)18-14-16-4-2-3-5-20(16)32-23(18)30;/h2-7,14-15H,8-13H2,1H3,(H,25,29);1H. The van der Waals surface area contributed by atoms with Crippen molar-refractivity contribution < 1.29 is 13.9 Å². The molecule has 0 aliphatic carbocycles. The Kier molecular flexibility index (Phi) is 7.35. The molecule has 0 radical (unpaired) electrons. The number of carbonyl (C=O) groups excluding carboxylic acids is 1. The first-order valence-electron chi connectivity index (χ1n) is 10.8. The first-order chi connectivity index (χ1) is 16.1. The van der Waals surface area contributed by atoms with Crippen LogP contribution < -0.4 is 20.6 Å². The molecule has 0 atom stereocenters. The van der Waals surface area contributed by atoms with Gasteiger partial charge in [0.25, 0.3) is 5.91 Å². The molecule has 0 spiro atoms. The van der Waals surface area contributed by atoms with E-state index in [1.807, 2.05) is 30.3 Å². The number of para-hydroxylation sites is 1. The van der Waals surface area contributed by atoms with Crippen molar-refractivity contribution in [1.82, 2.24) is 15.2 Å². The number of thiazole rings is 1. The van der Waals surface area contributed by atoms with E-state index in [0.29, 0.717) is 12.1 Å². The van der Waals surface area contributed by atoms with E-state index < -0.39 is 11.5 Å². The van der Waals surface area contributed by atoms with Gasteiger partial charge in [0.05, 0.1) is 17.3 Å². The largest absolute Gasteiger partial charge is 0.497 e. The fraction of sp³-hybridized carbons (Fsp3) is 0.292. The number of benzene rings is 2. The summed E-state index contributed by atoms with van der Waals surface area (Å²) in [7, 11) is 1.67. The minimum atomic E-state index is -0.617. The smallest absolute Gasteiger partial charge is 0.349 e. The van der Waals surface area contributed by atoms with Gasteiger partial charge in [-0.3, -0.25) is 9.69 Å². The third kappa shape index (κ3) is 5.01. The van der Waals surface area contributed by atoms with E-state index in [4.69, 9.17) is 14.1 Å². The lowest BCUT2D eigenvalue weighted by Gasteiger charge is -2.34. The summed E-state index contributed by atoms with van der Waals surface area (Å²) in [5, 5.41) is 4.60. The number of carbonyl (C=O) groups is 1. The molecule has 34 heavy (non-hydrogen) atoms. The molecule has 1 aliphatic heterocycles. The number of aromatic nitrogens is 1. The van der Waals surface area contributed by atoms with Crippen LogP contribution in [0.5, 0.6) is 5.75 Å². The molecule has 8 nitrogen and oxygen atoms in total. The minimum Gasteiger partial charge on any atom is -0.497 e. The van der Waals surface area contributed by atoms with Gasteiger partial charge in [0, 0.05) is 44.7 Å². The van der Waals surface area contributed by atoms with Crippen molar-refractivity contribution in [2.45, 2.75) is 0 Å². The van der Waals surface area contributed by atoms with E-state index in [2.05, 4.69) is 15.1 Å². The van der Waals surface area contributed by atoms with Gasteiger partial charge in [-0.25, -0.2) is 9.78 Å². The molecule has 5 rings (SSSR count). The zero-order chi connectivity index (χ0) is 22.8. The van der Waals surface area contributed by atoms with Crippen LogP contribution in [0.2, 0.25) is 0 Å². The van der Waals surface area contributed by atoms with Gasteiger partial charge in [-0.15, -0.1) is 12.4 Å². The number of piperazine rings is 1. The van der Waals surface area contributed by atoms with Crippen molar-refractivity contribution in [3.63, 3.8) is 0 Å². The second-order valence-electron chi connectivity index (χ2n) is 7.90. The summed E-state index contributed by atoms with van der Waals surface area (Å²) in [5.74, 6) is 0.434. The van der Waals surface area contributed by atoms with E-state index in [1.54, 1.807) is 36.6 Å². The van der Waals surface area contributed by atoms with Crippen LogP contribution in [0.15, 0.2) is 57.7 Å². The van der Waals surface area contributed by atoms with Gasteiger partial charge < -0.3 is 19.4 Å². The second-order valence-corrected chi connectivity index (χ2v) is 8.91. The maximum absolute atomic E-state index is 12.5. The number of hydrogen-bond acceptors (Lipinski definition) is 8. The molecular weight excluding hydrogens is 476 g/mol. The number of halogens is 1. The molecule has 2 aromatic heterocycles. The van der Waals surface area contributed by atoms with Crippen molar-refractivity contribution in [3.05, 3.63) is 64.5 Å². The first kappa shape index (κ1) is 24.0. The Morgan fingerprint density at radius 2 is 1.94 bits per heavy atom. The summed E-state index contributed by atoms with van der Waals surface area (Å²) >= 11 is 1.68. The lowest BCUT2D eigenvalue weighted by atomic mass is 10.2. The summed E-state index contributed by atoms with van der Waals surface area (Å²) in [6.45, 7) is 4.69. The van der Waals surface area contributed by atoms with Gasteiger partial charge in [-0.05, 0) is 30.3 Å². The maximum atomic E-state index is 12.5. The SMILES string of the molecule is COc1ccc2nc(N3CCN(CCNC(=O)c4cc5ccccc5oc4=O)CC3)sc2c1.Cl. The second kappa shape index (κ2) is 10.4. The van der Waals surface area contributed by atoms with E-state index in [9.17, 15) is 9.59 Å². The Balaban J connectivity index is 0.00000274. The summed E-state index contributed by atoms with van der Waals surface area (Å²) in [4.78, 5) is 34.0. The number of amides is 1. The lowest BCUT2D eigenvalue weighted by Crippen LogP contribution is -2.48. The van der Waals surface area contributed by atoms with Crippen molar-refractivity contribution in [2.75, 3.05) is 51.3 Å². The summed E-state index contributed by atoms with van der Waals surface area (Å²) in [6, 6.07) is 14.7. The van der Waals surface area contributed by atoms with E-state index in [1.165, 1.54) is 0 Å². The van der Waals surface area contributed by atoms with Crippen LogP contribution in [0.3, 0.4) is 0 Å². The molecule has 1 saturated heterocycles. The summed E-state index contributed by atoms with van der Waals surface area (Å²) in [6.07, 6.45) is 0. The number of nitrogens with one attached hydrogen (secondary N) is 1. The average Bonchev–Trinajstić information content (AvgIpc) is 3.27. The zero-order valence-electron chi connectivity index (χ0n) is 18.7. The molecule has 4 aromatic rings. The topological polar surface area (TPSA) is 87.9 Å². The van der Waals surface area contributed by atoms with E-state index >= 15 is 0 Å². The maximum Gasteiger partial charge on any atom is 0.349 e. The normalized spacial score (nSPS) is 14.2. The predicted molar refractivity (Wildman–Crippen MR) is 137 cm³/mol.